The summed E-state index contributed by atoms with van der Waals surface area (Å²) in [5.41, 5.74) is 1.52. The summed E-state index contributed by atoms with van der Waals surface area (Å²) in [4.78, 5) is 30.1. The van der Waals surface area contributed by atoms with Crippen molar-refractivity contribution in [2.45, 2.75) is 6.92 Å². The van der Waals surface area contributed by atoms with E-state index < -0.39 is 5.97 Å². The number of aliphatic imine (C=N–C) groups is 1. The molecule has 9 heteroatoms. The van der Waals surface area contributed by atoms with Gasteiger partial charge in [0, 0.05) is 7.05 Å². The SMILES string of the molecule is CCOc1cc(/C=C2\SC(=Nc3ccc(C(=O)O)cc3)N(C)C2=O)cc(Br)c1OC. The number of thioether (sulfide) groups is 1. The number of nitrogens with zero attached hydrogens (tertiary/aromatic N) is 2. The molecule has 30 heavy (non-hydrogen) atoms. The van der Waals surface area contributed by atoms with Gasteiger partial charge in [0.25, 0.3) is 5.91 Å². The molecule has 0 aliphatic carbocycles. The minimum Gasteiger partial charge on any atom is -0.492 e. The molecule has 1 saturated heterocycles. The Kier molecular flexibility index (Phi) is 6.84. The predicted molar refractivity (Wildman–Crippen MR) is 121 cm³/mol. The highest BCUT2D eigenvalue weighted by Crippen LogP contribution is 2.39. The van der Waals surface area contributed by atoms with Gasteiger partial charge in [0.1, 0.15) is 0 Å². The van der Waals surface area contributed by atoms with E-state index in [9.17, 15) is 9.59 Å². The number of carboxylic acid groups (broad SMARTS) is 1. The lowest BCUT2D eigenvalue weighted by Crippen LogP contribution is -2.23. The zero-order chi connectivity index (χ0) is 21.8. The largest absolute Gasteiger partial charge is 0.492 e. The van der Waals surface area contributed by atoms with Crippen LogP contribution in [0.2, 0.25) is 0 Å². The van der Waals surface area contributed by atoms with Gasteiger partial charge in [-0.25, -0.2) is 9.79 Å². The molecule has 0 spiro atoms. The maximum Gasteiger partial charge on any atom is 0.335 e. The number of amidine groups is 1. The lowest BCUT2D eigenvalue weighted by Gasteiger charge is -2.12. The average Bonchev–Trinajstić information content (AvgIpc) is 2.96. The minimum atomic E-state index is -1.00. The van der Waals surface area contributed by atoms with Crippen molar-refractivity contribution in [2.24, 2.45) is 4.99 Å². The standard InChI is InChI=1S/C21H19BrN2O5S/c1-4-29-16-10-12(9-15(22)18(16)28-3)11-17-19(25)24(2)21(30-17)23-14-7-5-13(6-8-14)20(26)27/h5-11H,4H2,1-3H3,(H,26,27)/b17-11-,23-21?. The first-order valence-corrected chi connectivity index (χ1v) is 10.5. The van der Waals surface area contributed by atoms with Crippen LogP contribution in [0.3, 0.4) is 0 Å². The number of rotatable bonds is 6. The molecule has 2 aromatic carbocycles. The third-order valence-corrected chi connectivity index (χ3v) is 5.83. The third kappa shape index (κ3) is 4.68. The Bertz CT molecular complexity index is 1050. The summed E-state index contributed by atoms with van der Waals surface area (Å²) < 4.78 is 11.7. The number of likely N-dealkylation sites (N-methyl/N-ethyl adjacent to an activating group) is 1. The fourth-order valence-electron chi connectivity index (χ4n) is 2.72. The van der Waals surface area contributed by atoms with E-state index in [1.165, 1.54) is 28.8 Å². The molecule has 0 saturated carbocycles. The normalized spacial score (nSPS) is 16.4. The van der Waals surface area contributed by atoms with Crippen LogP contribution in [-0.4, -0.2) is 47.8 Å². The van der Waals surface area contributed by atoms with Crippen molar-refractivity contribution in [1.82, 2.24) is 4.90 Å². The van der Waals surface area contributed by atoms with Crippen molar-refractivity contribution in [3.63, 3.8) is 0 Å². The first-order valence-electron chi connectivity index (χ1n) is 8.94. The molecular formula is C21H19BrN2O5S. The van der Waals surface area contributed by atoms with Gasteiger partial charge in [0.2, 0.25) is 0 Å². The van der Waals surface area contributed by atoms with Crippen molar-refractivity contribution in [2.75, 3.05) is 20.8 Å². The quantitative estimate of drug-likeness (QED) is 0.585. The molecule has 1 fully saturated rings. The summed E-state index contributed by atoms with van der Waals surface area (Å²) in [5, 5.41) is 9.50. The van der Waals surface area contributed by atoms with E-state index in [2.05, 4.69) is 20.9 Å². The second-order valence-electron chi connectivity index (χ2n) is 6.19. The molecule has 3 rings (SSSR count). The highest BCUT2D eigenvalue weighted by molar-refractivity contribution is 9.10. The van der Waals surface area contributed by atoms with Gasteiger partial charge in [-0.15, -0.1) is 0 Å². The van der Waals surface area contributed by atoms with Gasteiger partial charge in [0.05, 0.1) is 34.3 Å². The van der Waals surface area contributed by atoms with E-state index in [1.54, 1.807) is 32.4 Å². The van der Waals surface area contributed by atoms with E-state index >= 15 is 0 Å². The van der Waals surface area contributed by atoms with Gasteiger partial charge in [0.15, 0.2) is 16.7 Å². The van der Waals surface area contributed by atoms with Crippen LogP contribution >= 0.6 is 27.7 Å². The van der Waals surface area contributed by atoms with Crippen LogP contribution in [-0.2, 0) is 4.79 Å². The number of hydrogen-bond donors (Lipinski definition) is 1. The first kappa shape index (κ1) is 21.9. The molecule has 1 aliphatic rings. The Morgan fingerprint density at radius 2 is 2.00 bits per heavy atom. The maximum absolute atomic E-state index is 12.7. The van der Waals surface area contributed by atoms with Crippen LogP contribution < -0.4 is 9.47 Å². The fraction of sp³-hybridized carbons (Fsp3) is 0.190. The monoisotopic (exact) mass is 490 g/mol. The molecular weight excluding hydrogens is 472 g/mol. The number of ether oxygens (including phenoxy) is 2. The zero-order valence-corrected chi connectivity index (χ0v) is 18.9. The molecule has 0 bridgehead atoms. The van der Waals surface area contributed by atoms with E-state index in [0.29, 0.717) is 33.9 Å². The topological polar surface area (TPSA) is 88.4 Å². The van der Waals surface area contributed by atoms with E-state index in [-0.39, 0.29) is 11.5 Å². The number of benzene rings is 2. The molecule has 0 atom stereocenters. The van der Waals surface area contributed by atoms with Crippen molar-refractivity contribution in [1.29, 1.82) is 0 Å². The number of amides is 1. The molecule has 0 aromatic heterocycles. The number of hydrogen-bond acceptors (Lipinski definition) is 6. The molecule has 1 amide bonds. The number of methoxy groups -OCH3 is 1. The smallest absolute Gasteiger partial charge is 0.335 e. The lowest BCUT2D eigenvalue weighted by atomic mass is 10.2. The Morgan fingerprint density at radius 3 is 2.60 bits per heavy atom. The average molecular weight is 491 g/mol. The summed E-state index contributed by atoms with van der Waals surface area (Å²) in [6, 6.07) is 9.82. The van der Waals surface area contributed by atoms with Crippen LogP contribution in [0.5, 0.6) is 11.5 Å². The lowest BCUT2D eigenvalue weighted by molar-refractivity contribution is -0.121. The van der Waals surface area contributed by atoms with Crippen molar-refractivity contribution in [3.8, 4) is 11.5 Å². The number of carbonyl (C=O) groups is 2. The maximum atomic E-state index is 12.7. The van der Waals surface area contributed by atoms with Crippen LogP contribution in [0.15, 0.2) is 50.8 Å². The summed E-state index contributed by atoms with van der Waals surface area (Å²) in [6.07, 6.45) is 1.77. The first-order chi connectivity index (χ1) is 14.3. The molecule has 1 N–H and O–H groups in total. The predicted octanol–water partition coefficient (Wildman–Crippen LogP) is 4.79. The highest BCUT2D eigenvalue weighted by atomic mass is 79.9. The van der Waals surface area contributed by atoms with Crippen molar-refractivity contribution in [3.05, 3.63) is 56.9 Å². The number of halogens is 1. The summed E-state index contributed by atoms with van der Waals surface area (Å²) in [6.45, 7) is 2.37. The summed E-state index contributed by atoms with van der Waals surface area (Å²) in [5.74, 6) is -0.00384. The Morgan fingerprint density at radius 1 is 1.30 bits per heavy atom. The molecule has 0 radical (unpaired) electrons. The van der Waals surface area contributed by atoms with E-state index in [1.807, 2.05) is 19.1 Å². The summed E-state index contributed by atoms with van der Waals surface area (Å²) in [7, 11) is 3.22. The molecule has 1 heterocycles. The summed E-state index contributed by atoms with van der Waals surface area (Å²) >= 11 is 4.72. The van der Waals surface area contributed by atoms with Gasteiger partial charge >= 0.3 is 5.97 Å². The molecule has 1 aliphatic heterocycles. The fourth-order valence-corrected chi connectivity index (χ4v) is 4.33. The Labute approximate surface area is 186 Å². The van der Waals surface area contributed by atoms with Gasteiger partial charge in [-0.1, -0.05) is 0 Å². The van der Waals surface area contributed by atoms with Crippen LogP contribution in [0.4, 0.5) is 5.69 Å². The second kappa shape index (κ2) is 9.36. The van der Waals surface area contributed by atoms with Crippen molar-refractivity contribution >= 4 is 56.5 Å². The van der Waals surface area contributed by atoms with Gasteiger partial charge in [-0.05, 0) is 82.7 Å². The number of aromatic carboxylic acids is 1. The molecule has 7 nitrogen and oxygen atoms in total. The molecule has 0 unspecified atom stereocenters. The number of carboxylic acids is 1. The van der Waals surface area contributed by atoms with Gasteiger partial charge in [-0.2, -0.15) is 0 Å². The van der Waals surface area contributed by atoms with E-state index in [0.717, 1.165) is 10.0 Å². The minimum absolute atomic E-state index is 0.175. The second-order valence-corrected chi connectivity index (χ2v) is 8.05. The van der Waals surface area contributed by atoms with Crippen molar-refractivity contribution < 1.29 is 24.2 Å². The molecule has 156 valence electrons. The van der Waals surface area contributed by atoms with Gasteiger partial charge < -0.3 is 14.6 Å². The Hall–Kier alpha value is -2.78. The zero-order valence-electron chi connectivity index (χ0n) is 16.5. The number of carbonyl (C=O) groups excluding carboxylic acids is 1. The third-order valence-electron chi connectivity index (χ3n) is 4.18. The van der Waals surface area contributed by atoms with E-state index in [4.69, 9.17) is 14.6 Å². The van der Waals surface area contributed by atoms with Crippen LogP contribution in [0.25, 0.3) is 6.08 Å². The van der Waals surface area contributed by atoms with Crippen LogP contribution in [0.1, 0.15) is 22.8 Å². The molecule has 2 aromatic rings. The van der Waals surface area contributed by atoms with Gasteiger partial charge in [-0.3, -0.25) is 9.69 Å². The van der Waals surface area contributed by atoms with Crippen LogP contribution in [0, 0.1) is 0 Å². The Balaban J connectivity index is 1.90. The highest BCUT2D eigenvalue weighted by Gasteiger charge is 2.30.